The van der Waals surface area contributed by atoms with Crippen LogP contribution in [0.4, 0.5) is 0 Å². The molecule has 80 valence electrons. The molecule has 3 N–H and O–H groups in total. The van der Waals surface area contributed by atoms with Crippen molar-refractivity contribution < 1.29 is 4.52 Å². The summed E-state index contributed by atoms with van der Waals surface area (Å²) >= 11 is 0. The topological polar surface area (TPSA) is 107 Å². The van der Waals surface area contributed by atoms with E-state index in [1.54, 1.807) is 0 Å². The molecule has 2 unspecified atom stereocenters. The van der Waals surface area contributed by atoms with Gasteiger partial charge in [-0.05, 0) is 6.92 Å². The van der Waals surface area contributed by atoms with Crippen molar-refractivity contribution >= 4 is 0 Å². The number of aromatic nitrogens is 5. The molecular weight excluding hydrogens is 196 g/mol. The molecule has 0 aromatic carbocycles. The molecule has 0 saturated carbocycles. The maximum atomic E-state index is 5.73. The van der Waals surface area contributed by atoms with Crippen LogP contribution >= 0.6 is 0 Å². The van der Waals surface area contributed by atoms with E-state index >= 15 is 0 Å². The largest absolute Gasteiger partial charge is 0.339 e. The van der Waals surface area contributed by atoms with Crippen molar-refractivity contribution in [2.75, 3.05) is 0 Å². The average Bonchev–Trinajstić information content (AvgIpc) is 2.86. The SMILES string of the molecule is CC(N)C(C)c1nc(-c2ncn[nH]2)no1. The molecule has 7 heteroatoms. The van der Waals surface area contributed by atoms with E-state index in [1.165, 1.54) is 6.33 Å². The highest BCUT2D eigenvalue weighted by Gasteiger charge is 2.19. The van der Waals surface area contributed by atoms with Crippen LogP contribution in [0.15, 0.2) is 10.9 Å². The van der Waals surface area contributed by atoms with Gasteiger partial charge in [-0.1, -0.05) is 12.1 Å². The smallest absolute Gasteiger partial charge is 0.239 e. The van der Waals surface area contributed by atoms with Gasteiger partial charge < -0.3 is 10.3 Å². The summed E-state index contributed by atoms with van der Waals surface area (Å²) < 4.78 is 5.08. The number of hydrogen-bond donors (Lipinski definition) is 2. The minimum absolute atomic E-state index is 0.0224. The van der Waals surface area contributed by atoms with Crippen LogP contribution in [-0.2, 0) is 0 Å². The van der Waals surface area contributed by atoms with Gasteiger partial charge in [0.15, 0.2) is 5.82 Å². The molecule has 0 bridgehead atoms. The Labute approximate surface area is 86.1 Å². The molecule has 0 aliphatic rings. The highest BCUT2D eigenvalue weighted by Crippen LogP contribution is 2.18. The Kier molecular flexibility index (Phi) is 2.46. The molecule has 15 heavy (non-hydrogen) atoms. The molecule has 0 amide bonds. The van der Waals surface area contributed by atoms with Gasteiger partial charge in [0.1, 0.15) is 6.33 Å². The third-order valence-electron chi connectivity index (χ3n) is 2.25. The zero-order valence-corrected chi connectivity index (χ0v) is 8.51. The predicted molar refractivity (Wildman–Crippen MR) is 51.7 cm³/mol. The predicted octanol–water partition coefficient (Wildman–Crippen LogP) is 0.305. The summed E-state index contributed by atoms with van der Waals surface area (Å²) in [6.07, 6.45) is 1.39. The standard InChI is InChI=1S/C8H12N6O/c1-4(5(2)9)8-12-7(14-15-8)6-10-3-11-13-6/h3-5H,9H2,1-2H3,(H,10,11,13). The molecule has 0 aliphatic carbocycles. The first-order valence-electron chi connectivity index (χ1n) is 4.63. The van der Waals surface area contributed by atoms with Gasteiger partial charge in [-0.15, -0.1) is 0 Å². The molecule has 0 saturated heterocycles. The summed E-state index contributed by atoms with van der Waals surface area (Å²) in [7, 11) is 0. The zero-order valence-electron chi connectivity index (χ0n) is 8.51. The minimum Gasteiger partial charge on any atom is -0.339 e. The first-order chi connectivity index (χ1) is 7.18. The van der Waals surface area contributed by atoms with E-state index < -0.39 is 0 Å². The van der Waals surface area contributed by atoms with Gasteiger partial charge >= 0.3 is 0 Å². The molecule has 0 aliphatic heterocycles. The maximum Gasteiger partial charge on any atom is 0.239 e. The van der Waals surface area contributed by atoms with Crippen molar-refractivity contribution in [1.29, 1.82) is 0 Å². The van der Waals surface area contributed by atoms with E-state index in [-0.39, 0.29) is 12.0 Å². The van der Waals surface area contributed by atoms with Gasteiger partial charge in [-0.25, -0.2) is 4.98 Å². The van der Waals surface area contributed by atoms with Crippen LogP contribution in [0.2, 0.25) is 0 Å². The summed E-state index contributed by atoms with van der Waals surface area (Å²) in [5.74, 6) is 1.42. The van der Waals surface area contributed by atoms with E-state index in [1.807, 2.05) is 13.8 Å². The Balaban J connectivity index is 2.25. The Bertz CT molecular complexity index is 420. The van der Waals surface area contributed by atoms with Crippen LogP contribution in [-0.4, -0.2) is 31.4 Å². The number of nitrogens with one attached hydrogen (secondary N) is 1. The lowest BCUT2D eigenvalue weighted by molar-refractivity contribution is 0.346. The van der Waals surface area contributed by atoms with Gasteiger partial charge in [-0.3, -0.25) is 5.10 Å². The molecule has 2 rings (SSSR count). The van der Waals surface area contributed by atoms with Crippen LogP contribution in [0.1, 0.15) is 25.7 Å². The monoisotopic (exact) mass is 208 g/mol. The molecule has 0 radical (unpaired) electrons. The second kappa shape index (κ2) is 3.77. The first kappa shape index (κ1) is 9.78. The van der Waals surface area contributed by atoms with Crippen LogP contribution in [0.5, 0.6) is 0 Å². The first-order valence-corrected chi connectivity index (χ1v) is 4.63. The molecule has 2 heterocycles. The maximum absolute atomic E-state index is 5.73. The van der Waals surface area contributed by atoms with Crippen LogP contribution in [0.25, 0.3) is 11.6 Å². The van der Waals surface area contributed by atoms with Crippen molar-refractivity contribution in [3.05, 3.63) is 12.2 Å². The summed E-state index contributed by atoms with van der Waals surface area (Å²) in [4.78, 5) is 8.10. The molecule has 0 fully saturated rings. The minimum atomic E-state index is -0.0342. The molecule has 0 spiro atoms. The van der Waals surface area contributed by atoms with Crippen molar-refractivity contribution in [1.82, 2.24) is 25.3 Å². The van der Waals surface area contributed by atoms with E-state index in [4.69, 9.17) is 10.3 Å². The lowest BCUT2D eigenvalue weighted by Crippen LogP contribution is -2.22. The highest BCUT2D eigenvalue weighted by molar-refractivity contribution is 5.39. The summed E-state index contributed by atoms with van der Waals surface area (Å²) in [5, 5.41) is 10.1. The van der Waals surface area contributed by atoms with Crippen LogP contribution in [0, 0.1) is 0 Å². The quantitative estimate of drug-likeness (QED) is 0.751. The Morgan fingerprint density at radius 1 is 1.47 bits per heavy atom. The fraction of sp³-hybridized carbons (Fsp3) is 0.500. The number of H-pyrrole nitrogens is 1. The third kappa shape index (κ3) is 1.86. The van der Waals surface area contributed by atoms with Crippen molar-refractivity contribution in [2.24, 2.45) is 5.73 Å². The van der Waals surface area contributed by atoms with Gasteiger partial charge in [-0.2, -0.15) is 10.1 Å². The van der Waals surface area contributed by atoms with Crippen molar-refractivity contribution in [3.63, 3.8) is 0 Å². The van der Waals surface area contributed by atoms with Gasteiger partial charge in [0, 0.05) is 6.04 Å². The van der Waals surface area contributed by atoms with E-state index in [0.717, 1.165) is 0 Å². The van der Waals surface area contributed by atoms with Gasteiger partial charge in [0.25, 0.3) is 0 Å². The van der Waals surface area contributed by atoms with Gasteiger partial charge in [0.2, 0.25) is 11.7 Å². The van der Waals surface area contributed by atoms with Crippen molar-refractivity contribution in [2.45, 2.75) is 25.8 Å². The Morgan fingerprint density at radius 2 is 2.27 bits per heavy atom. The van der Waals surface area contributed by atoms with E-state index in [2.05, 4.69) is 25.3 Å². The van der Waals surface area contributed by atoms with Gasteiger partial charge in [0.05, 0.1) is 5.92 Å². The third-order valence-corrected chi connectivity index (χ3v) is 2.25. The molecule has 2 atom stereocenters. The lowest BCUT2D eigenvalue weighted by Gasteiger charge is -2.08. The van der Waals surface area contributed by atoms with Crippen LogP contribution in [0.3, 0.4) is 0 Å². The second-order valence-electron chi connectivity index (χ2n) is 3.44. The molecule has 2 aromatic rings. The Morgan fingerprint density at radius 3 is 2.87 bits per heavy atom. The number of aromatic amines is 1. The number of nitrogens with two attached hydrogens (primary N) is 1. The van der Waals surface area contributed by atoms with Crippen LogP contribution < -0.4 is 5.73 Å². The summed E-state index contributed by atoms with van der Waals surface area (Å²) in [6.45, 7) is 3.82. The second-order valence-corrected chi connectivity index (χ2v) is 3.44. The lowest BCUT2D eigenvalue weighted by atomic mass is 10.1. The number of hydrogen-bond acceptors (Lipinski definition) is 6. The number of rotatable bonds is 3. The van der Waals surface area contributed by atoms with Crippen molar-refractivity contribution in [3.8, 4) is 11.6 Å². The Hall–Kier alpha value is -1.76. The van der Waals surface area contributed by atoms with E-state index in [9.17, 15) is 0 Å². The fourth-order valence-corrected chi connectivity index (χ4v) is 1.05. The summed E-state index contributed by atoms with van der Waals surface area (Å²) in [5.41, 5.74) is 5.73. The average molecular weight is 208 g/mol. The summed E-state index contributed by atoms with van der Waals surface area (Å²) in [6, 6.07) is -0.0342. The highest BCUT2D eigenvalue weighted by atomic mass is 16.5. The number of nitrogens with zero attached hydrogens (tertiary/aromatic N) is 4. The normalized spacial score (nSPS) is 15.1. The molecule has 7 nitrogen and oxygen atoms in total. The van der Waals surface area contributed by atoms with E-state index in [0.29, 0.717) is 17.5 Å². The zero-order chi connectivity index (χ0) is 10.8. The molecular formula is C8H12N6O. The fourth-order valence-electron chi connectivity index (χ4n) is 1.05. The molecule has 2 aromatic heterocycles.